The molecule has 3 N–H and O–H groups in total. The fourth-order valence-corrected chi connectivity index (χ4v) is 3.18. The van der Waals surface area contributed by atoms with Gasteiger partial charge in [-0.3, -0.25) is 9.78 Å². The van der Waals surface area contributed by atoms with Gasteiger partial charge < -0.3 is 11.1 Å². The molecule has 5 nitrogen and oxygen atoms in total. The van der Waals surface area contributed by atoms with Crippen LogP contribution >= 0.6 is 0 Å². The molecule has 0 saturated carbocycles. The molecule has 0 saturated heterocycles. The smallest absolute Gasteiger partial charge is 0.366 e. The Labute approximate surface area is 172 Å². The number of aromatic nitrogens is 2. The van der Waals surface area contributed by atoms with Gasteiger partial charge in [-0.2, -0.15) is 13.2 Å². The number of carbonyl (C=O) groups excluding carboxylic acids is 1. The number of halogens is 3. The van der Waals surface area contributed by atoms with E-state index >= 15 is 0 Å². The fraction of sp³-hybridized carbons (Fsp3) is 0.227. The SMILES string of the molecule is CCCC(Nc1cnc(-c2ccc(C(F)(F)F)cc2)cn1)c1ccccc1C(N)=O. The zero-order chi connectivity index (χ0) is 21.7. The predicted octanol–water partition coefficient (Wildman–Crippen LogP) is 5.21. The molecule has 1 atom stereocenters. The van der Waals surface area contributed by atoms with E-state index in [4.69, 9.17) is 5.73 Å². The van der Waals surface area contributed by atoms with Gasteiger partial charge in [0.15, 0.2) is 0 Å². The van der Waals surface area contributed by atoms with Crippen LogP contribution in [-0.4, -0.2) is 15.9 Å². The summed E-state index contributed by atoms with van der Waals surface area (Å²) in [5, 5.41) is 3.27. The first kappa shape index (κ1) is 21.3. The van der Waals surface area contributed by atoms with Crippen molar-refractivity contribution in [3.05, 3.63) is 77.6 Å². The molecular formula is C22H21F3N4O. The van der Waals surface area contributed by atoms with Crippen LogP contribution in [0.25, 0.3) is 11.3 Å². The summed E-state index contributed by atoms with van der Waals surface area (Å²) < 4.78 is 38.1. The minimum atomic E-state index is -4.38. The van der Waals surface area contributed by atoms with Gasteiger partial charge in [0.1, 0.15) is 5.82 Å². The fourth-order valence-electron chi connectivity index (χ4n) is 3.18. The van der Waals surface area contributed by atoms with Crippen molar-refractivity contribution in [2.45, 2.75) is 32.0 Å². The van der Waals surface area contributed by atoms with Crippen molar-refractivity contribution in [2.75, 3.05) is 5.32 Å². The number of nitrogens with zero attached hydrogens (tertiary/aromatic N) is 2. The molecule has 0 radical (unpaired) electrons. The summed E-state index contributed by atoms with van der Waals surface area (Å²) in [5.74, 6) is -0.0133. The molecule has 30 heavy (non-hydrogen) atoms. The van der Waals surface area contributed by atoms with Crippen molar-refractivity contribution in [1.29, 1.82) is 0 Å². The first-order valence-corrected chi connectivity index (χ1v) is 9.44. The van der Waals surface area contributed by atoms with Crippen LogP contribution in [0.1, 0.15) is 47.3 Å². The van der Waals surface area contributed by atoms with Crippen molar-refractivity contribution >= 4 is 11.7 Å². The third-order valence-electron chi connectivity index (χ3n) is 4.66. The average Bonchev–Trinajstić information content (AvgIpc) is 2.73. The van der Waals surface area contributed by atoms with Crippen molar-refractivity contribution in [2.24, 2.45) is 5.73 Å². The van der Waals surface area contributed by atoms with Gasteiger partial charge in [-0.1, -0.05) is 43.7 Å². The number of amides is 1. The van der Waals surface area contributed by atoms with E-state index in [9.17, 15) is 18.0 Å². The summed E-state index contributed by atoms with van der Waals surface area (Å²) in [6, 6.07) is 11.7. The molecule has 0 fully saturated rings. The van der Waals surface area contributed by atoms with Crippen LogP contribution in [-0.2, 0) is 6.18 Å². The topological polar surface area (TPSA) is 80.9 Å². The summed E-state index contributed by atoms with van der Waals surface area (Å²) in [6.07, 6.45) is 0.235. The second-order valence-electron chi connectivity index (χ2n) is 6.80. The lowest BCUT2D eigenvalue weighted by molar-refractivity contribution is -0.137. The molecule has 1 unspecified atom stereocenters. The largest absolute Gasteiger partial charge is 0.416 e. The lowest BCUT2D eigenvalue weighted by atomic mass is 9.96. The maximum absolute atomic E-state index is 12.7. The summed E-state index contributed by atoms with van der Waals surface area (Å²) in [6.45, 7) is 2.03. The Morgan fingerprint density at radius 2 is 1.77 bits per heavy atom. The number of anilines is 1. The highest BCUT2D eigenvalue weighted by molar-refractivity contribution is 5.94. The molecule has 0 bridgehead atoms. The normalized spacial score (nSPS) is 12.4. The van der Waals surface area contributed by atoms with Crippen molar-refractivity contribution in [1.82, 2.24) is 9.97 Å². The zero-order valence-electron chi connectivity index (χ0n) is 16.3. The van der Waals surface area contributed by atoms with Gasteiger partial charge in [0, 0.05) is 11.1 Å². The molecular weight excluding hydrogens is 393 g/mol. The standard InChI is InChI=1S/C22H21F3N4O/c1-2-5-18(16-6-3-4-7-17(16)21(26)30)29-20-13-27-19(12-28-20)14-8-10-15(11-9-14)22(23,24)25/h3-4,6-13,18H,2,5H2,1H3,(H2,26,30)(H,28,29). The lowest BCUT2D eigenvalue weighted by Crippen LogP contribution is -2.19. The first-order chi connectivity index (χ1) is 14.3. The van der Waals surface area contributed by atoms with Crippen molar-refractivity contribution in [3.63, 3.8) is 0 Å². The molecule has 8 heteroatoms. The molecule has 0 aliphatic heterocycles. The molecule has 1 heterocycles. The van der Waals surface area contributed by atoms with Gasteiger partial charge >= 0.3 is 6.18 Å². The highest BCUT2D eigenvalue weighted by atomic mass is 19.4. The van der Waals surface area contributed by atoms with Crippen LogP contribution in [0.3, 0.4) is 0 Å². The third kappa shape index (κ3) is 4.94. The number of carbonyl (C=O) groups is 1. The van der Waals surface area contributed by atoms with E-state index in [0.29, 0.717) is 22.6 Å². The second kappa shape index (κ2) is 8.94. The zero-order valence-corrected chi connectivity index (χ0v) is 16.3. The number of rotatable bonds is 7. The summed E-state index contributed by atoms with van der Waals surface area (Å²) in [4.78, 5) is 20.4. The van der Waals surface area contributed by atoms with E-state index in [2.05, 4.69) is 15.3 Å². The van der Waals surface area contributed by atoms with Crippen molar-refractivity contribution < 1.29 is 18.0 Å². The molecule has 0 spiro atoms. The average molecular weight is 414 g/mol. The van der Waals surface area contributed by atoms with Crippen LogP contribution in [0, 0.1) is 0 Å². The molecule has 0 aliphatic carbocycles. The minimum absolute atomic E-state index is 0.190. The van der Waals surface area contributed by atoms with Crippen LogP contribution in [0.2, 0.25) is 0 Å². The molecule has 0 aliphatic rings. The number of alkyl halides is 3. The Kier molecular flexibility index (Phi) is 6.34. The van der Waals surface area contributed by atoms with E-state index < -0.39 is 17.6 Å². The quantitative estimate of drug-likeness (QED) is 0.556. The van der Waals surface area contributed by atoms with Gasteiger partial charge in [-0.25, -0.2) is 4.98 Å². The van der Waals surface area contributed by atoms with E-state index in [1.54, 1.807) is 12.1 Å². The summed E-state index contributed by atoms with van der Waals surface area (Å²) >= 11 is 0. The number of primary amides is 1. The molecule has 3 rings (SSSR count). The van der Waals surface area contributed by atoms with Crippen LogP contribution < -0.4 is 11.1 Å². The Balaban J connectivity index is 1.81. The van der Waals surface area contributed by atoms with Gasteiger partial charge in [-0.05, 0) is 30.2 Å². The van der Waals surface area contributed by atoms with Gasteiger partial charge in [0.05, 0.1) is 29.7 Å². The minimum Gasteiger partial charge on any atom is -0.366 e. The maximum Gasteiger partial charge on any atom is 0.416 e. The third-order valence-corrected chi connectivity index (χ3v) is 4.66. The number of nitrogens with one attached hydrogen (secondary N) is 1. The number of benzene rings is 2. The predicted molar refractivity (Wildman–Crippen MR) is 109 cm³/mol. The molecule has 156 valence electrons. The monoisotopic (exact) mass is 414 g/mol. The highest BCUT2D eigenvalue weighted by Gasteiger charge is 2.30. The van der Waals surface area contributed by atoms with E-state index in [0.717, 1.165) is 30.5 Å². The van der Waals surface area contributed by atoms with Crippen LogP contribution in [0.4, 0.5) is 19.0 Å². The summed E-state index contributed by atoms with van der Waals surface area (Å²) in [5.41, 5.74) is 7.00. The number of hydrogen-bond donors (Lipinski definition) is 2. The van der Waals surface area contributed by atoms with Crippen LogP contribution in [0.15, 0.2) is 60.9 Å². The Morgan fingerprint density at radius 1 is 1.07 bits per heavy atom. The molecule has 2 aromatic carbocycles. The van der Waals surface area contributed by atoms with E-state index in [1.165, 1.54) is 24.5 Å². The first-order valence-electron chi connectivity index (χ1n) is 9.44. The van der Waals surface area contributed by atoms with Crippen LogP contribution in [0.5, 0.6) is 0 Å². The summed E-state index contributed by atoms with van der Waals surface area (Å²) in [7, 11) is 0. The molecule has 1 aromatic heterocycles. The second-order valence-corrected chi connectivity index (χ2v) is 6.80. The Hall–Kier alpha value is -3.42. The Morgan fingerprint density at radius 3 is 2.33 bits per heavy atom. The number of hydrogen-bond acceptors (Lipinski definition) is 4. The van der Waals surface area contributed by atoms with E-state index in [1.807, 2.05) is 19.1 Å². The van der Waals surface area contributed by atoms with E-state index in [-0.39, 0.29) is 6.04 Å². The lowest BCUT2D eigenvalue weighted by Gasteiger charge is -2.21. The van der Waals surface area contributed by atoms with Gasteiger partial charge in [-0.15, -0.1) is 0 Å². The van der Waals surface area contributed by atoms with Gasteiger partial charge in [0.2, 0.25) is 5.91 Å². The highest BCUT2D eigenvalue weighted by Crippen LogP contribution is 2.31. The van der Waals surface area contributed by atoms with Crippen molar-refractivity contribution in [3.8, 4) is 11.3 Å². The Bertz CT molecular complexity index is 1000. The number of nitrogens with two attached hydrogens (primary N) is 1. The molecule has 1 amide bonds. The van der Waals surface area contributed by atoms with Gasteiger partial charge in [0.25, 0.3) is 0 Å². The molecule has 3 aromatic rings. The maximum atomic E-state index is 12.7.